The van der Waals surface area contributed by atoms with Crippen LogP contribution in [0.1, 0.15) is 12.8 Å². The summed E-state index contributed by atoms with van der Waals surface area (Å²) in [7, 11) is 4.16. The first-order valence-corrected chi connectivity index (χ1v) is 6.04. The topological polar surface area (TPSA) is 32.5 Å². The summed E-state index contributed by atoms with van der Waals surface area (Å²) in [5, 5.41) is 0. The minimum Gasteiger partial charge on any atom is -0.397 e. The van der Waals surface area contributed by atoms with Gasteiger partial charge in [0.25, 0.3) is 0 Å². The van der Waals surface area contributed by atoms with E-state index >= 15 is 0 Å². The van der Waals surface area contributed by atoms with Gasteiger partial charge in [-0.25, -0.2) is 4.39 Å². The van der Waals surface area contributed by atoms with E-state index in [-0.39, 0.29) is 5.82 Å². The third-order valence-electron chi connectivity index (χ3n) is 3.56. The van der Waals surface area contributed by atoms with Gasteiger partial charge < -0.3 is 15.5 Å². The number of nitrogen functional groups attached to an aromatic ring is 1. The van der Waals surface area contributed by atoms with Crippen molar-refractivity contribution in [2.45, 2.75) is 18.9 Å². The number of nitrogens with two attached hydrogens (primary N) is 1. The van der Waals surface area contributed by atoms with Crippen LogP contribution in [0.25, 0.3) is 0 Å². The van der Waals surface area contributed by atoms with Gasteiger partial charge in [-0.15, -0.1) is 0 Å². The molecule has 17 heavy (non-hydrogen) atoms. The highest BCUT2D eigenvalue weighted by molar-refractivity contribution is 5.67. The fourth-order valence-electron chi connectivity index (χ4n) is 2.50. The molecule has 1 saturated heterocycles. The average Bonchev–Trinajstić information content (AvgIpc) is 2.64. The second kappa shape index (κ2) is 4.92. The number of hydrogen-bond acceptors (Lipinski definition) is 3. The van der Waals surface area contributed by atoms with Crippen LogP contribution in [-0.4, -0.2) is 38.1 Å². The molecule has 1 atom stereocenters. The van der Waals surface area contributed by atoms with Gasteiger partial charge in [-0.05, 0) is 44.6 Å². The zero-order valence-electron chi connectivity index (χ0n) is 10.5. The number of hydrogen-bond donors (Lipinski definition) is 1. The summed E-state index contributed by atoms with van der Waals surface area (Å²) in [5.74, 6) is -0.280. The van der Waals surface area contributed by atoms with E-state index in [2.05, 4.69) is 16.8 Å². The van der Waals surface area contributed by atoms with E-state index in [1.165, 1.54) is 25.0 Å². The SMILES string of the molecule is CN(CC1CCCN1C)c1ccc(F)cc1N. The summed E-state index contributed by atoms with van der Waals surface area (Å²) in [6, 6.07) is 5.16. The van der Waals surface area contributed by atoms with E-state index in [4.69, 9.17) is 5.73 Å². The Bertz CT molecular complexity index is 394. The second-order valence-electron chi connectivity index (χ2n) is 4.86. The smallest absolute Gasteiger partial charge is 0.125 e. The molecule has 0 radical (unpaired) electrons. The Labute approximate surface area is 102 Å². The molecule has 0 spiro atoms. The molecule has 1 fully saturated rings. The van der Waals surface area contributed by atoms with Crippen molar-refractivity contribution in [2.75, 3.05) is 37.8 Å². The molecule has 2 N–H and O–H groups in total. The number of rotatable bonds is 3. The highest BCUT2D eigenvalue weighted by Gasteiger charge is 2.22. The van der Waals surface area contributed by atoms with Crippen molar-refractivity contribution >= 4 is 11.4 Å². The monoisotopic (exact) mass is 237 g/mol. The molecule has 1 aliphatic heterocycles. The van der Waals surface area contributed by atoms with Crippen LogP contribution in [0.2, 0.25) is 0 Å². The van der Waals surface area contributed by atoms with Crippen LogP contribution in [-0.2, 0) is 0 Å². The van der Waals surface area contributed by atoms with Crippen molar-refractivity contribution in [2.24, 2.45) is 0 Å². The Balaban J connectivity index is 2.06. The molecule has 0 amide bonds. The molecule has 1 heterocycles. The molecule has 1 aliphatic rings. The molecule has 4 heteroatoms. The zero-order chi connectivity index (χ0) is 12.4. The van der Waals surface area contributed by atoms with Crippen LogP contribution in [0.3, 0.4) is 0 Å². The predicted octanol–water partition coefficient (Wildman–Crippen LogP) is 1.94. The van der Waals surface area contributed by atoms with Gasteiger partial charge in [0.2, 0.25) is 0 Å². The first-order valence-electron chi connectivity index (χ1n) is 6.04. The molecule has 0 aromatic heterocycles. The van der Waals surface area contributed by atoms with E-state index in [9.17, 15) is 4.39 Å². The highest BCUT2D eigenvalue weighted by atomic mass is 19.1. The minimum absolute atomic E-state index is 0.280. The lowest BCUT2D eigenvalue weighted by atomic mass is 10.2. The van der Waals surface area contributed by atoms with Crippen LogP contribution in [0.5, 0.6) is 0 Å². The third kappa shape index (κ3) is 2.69. The van der Waals surface area contributed by atoms with Gasteiger partial charge >= 0.3 is 0 Å². The summed E-state index contributed by atoms with van der Waals surface area (Å²) in [4.78, 5) is 4.48. The van der Waals surface area contributed by atoms with Gasteiger partial charge in [0.1, 0.15) is 5.82 Å². The maximum Gasteiger partial charge on any atom is 0.125 e. The van der Waals surface area contributed by atoms with Gasteiger partial charge in [-0.3, -0.25) is 0 Å². The van der Waals surface area contributed by atoms with Crippen molar-refractivity contribution in [3.8, 4) is 0 Å². The first-order chi connectivity index (χ1) is 8.08. The Morgan fingerprint density at radius 2 is 2.29 bits per heavy atom. The highest BCUT2D eigenvalue weighted by Crippen LogP contribution is 2.25. The number of anilines is 2. The molecule has 0 bridgehead atoms. The van der Waals surface area contributed by atoms with Gasteiger partial charge in [-0.1, -0.05) is 0 Å². The Morgan fingerprint density at radius 1 is 1.53 bits per heavy atom. The summed E-state index contributed by atoms with van der Waals surface area (Å²) in [5.41, 5.74) is 7.25. The lowest BCUT2D eigenvalue weighted by Crippen LogP contribution is -2.36. The van der Waals surface area contributed by atoms with Crippen molar-refractivity contribution < 1.29 is 4.39 Å². The van der Waals surface area contributed by atoms with E-state index in [1.807, 2.05) is 7.05 Å². The Hall–Kier alpha value is -1.29. The average molecular weight is 237 g/mol. The molecule has 3 nitrogen and oxygen atoms in total. The molecule has 1 aromatic carbocycles. The maximum absolute atomic E-state index is 13.0. The van der Waals surface area contributed by atoms with Crippen LogP contribution < -0.4 is 10.6 Å². The van der Waals surface area contributed by atoms with Gasteiger partial charge in [0, 0.05) is 19.6 Å². The lowest BCUT2D eigenvalue weighted by molar-refractivity contribution is 0.314. The summed E-state index contributed by atoms with van der Waals surface area (Å²) < 4.78 is 13.0. The molecular formula is C13H20FN3. The van der Waals surface area contributed by atoms with Gasteiger partial charge in [0.15, 0.2) is 0 Å². The van der Waals surface area contributed by atoms with Gasteiger partial charge in [0.05, 0.1) is 11.4 Å². The molecule has 0 aliphatic carbocycles. The number of halogens is 1. The summed E-state index contributed by atoms with van der Waals surface area (Å²) in [6.07, 6.45) is 2.48. The van der Waals surface area contributed by atoms with Crippen LogP contribution >= 0.6 is 0 Å². The molecule has 0 saturated carbocycles. The van der Waals surface area contributed by atoms with Crippen LogP contribution in [0.4, 0.5) is 15.8 Å². The van der Waals surface area contributed by atoms with E-state index in [0.717, 1.165) is 18.8 Å². The fourth-order valence-corrected chi connectivity index (χ4v) is 2.50. The van der Waals surface area contributed by atoms with E-state index in [0.29, 0.717) is 11.7 Å². The number of likely N-dealkylation sites (N-methyl/N-ethyl adjacent to an activating group) is 2. The quantitative estimate of drug-likeness (QED) is 0.815. The molecular weight excluding hydrogens is 217 g/mol. The number of likely N-dealkylation sites (tertiary alicyclic amines) is 1. The standard InChI is InChI=1S/C13H20FN3/c1-16-7-3-4-11(16)9-17(2)13-6-5-10(14)8-12(13)15/h5-6,8,11H,3-4,7,9,15H2,1-2H3. The number of nitrogens with zero attached hydrogens (tertiary/aromatic N) is 2. The van der Waals surface area contributed by atoms with Crippen molar-refractivity contribution in [1.82, 2.24) is 4.90 Å². The molecule has 1 unspecified atom stereocenters. The first kappa shape index (κ1) is 12.2. The third-order valence-corrected chi connectivity index (χ3v) is 3.56. The van der Waals surface area contributed by atoms with Crippen LogP contribution in [0.15, 0.2) is 18.2 Å². The minimum atomic E-state index is -0.280. The summed E-state index contributed by atoms with van der Waals surface area (Å²) in [6.45, 7) is 2.10. The van der Waals surface area contributed by atoms with Crippen molar-refractivity contribution in [3.05, 3.63) is 24.0 Å². The zero-order valence-corrected chi connectivity index (χ0v) is 10.5. The second-order valence-corrected chi connectivity index (χ2v) is 4.86. The fraction of sp³-hybridized carbons (Fsp3) is 0.538. The molecule has 2 rings (SSSR count). The van der Waals surface area contributed by atoms with Gasteiger partial charge in [-0.2, -0.15) is 0 Å². The number of benzene rings is 1. The largest absolute Gasteiger partial charge is 0.397 e. The lowest BCUT2D eigenvalue weighted by Gasteiger charge is -2.28. The van der Waals surface area contributed by atoms with E-state index in [1.54, 1.807) is 6.07 Å². The van der Waals surface area contributed by atoms with Crippen molar-refractivity contribution in [3.63, 3.8) is 0 Å². The normalized spacial score (nSPS) is 20.8. The van der Waals surface area contributed by atoms with E-state index < -0.39 is 0 Å². The molecule has 94 valence electrons. The summed E-state index contributed by atoms with van der Waals surface area (Å²) >= 11 is 0. The predicted molar refractivity (Wildman–Crippen MR) is 69.7 cm³/mol. The molecule has 1 aromatic rings. The maximum atomic E-state index is 13.0. The van der Waals surface area contributed by atoms with Crippen LogP contribution in [0, 0.1) is 5.82 Å². The Kier molecular flexibility index (Phi) is 3.52. The Morgan fingerprint density at radius 3 is 2.88 bits per heavy atom. The van der Waals surface area contributed by atoms with Crippen molar-refractivity contribution in [1.29, 1.82) is 0 Å².